The third-order valence-corrected chi connectivity index (χ3v) is 0. The first-order valence-corrected chi connectivity index (χ1v) is 0. The van der Waals surface area contributed by atoms with Crippen molar-refractivity contribution in [1.29, 1.82) is 0 Å². The molecule has 14 N–H and O–H groups in total. The number of rotatable bonds is 0. The molecule has 0 saturated carbocycles. The average molecular weight is 306 g/mol. The molecule has 0 aliphatic heterocycles. The Labute approximate surface area is 63.1 Å². The monoisotopic (exact) mass is 307 g/mol. The Balaban J connectivity index is 0. The molecule has 0 aromatic heterocycles. The first-order valence-electron chi connectivity index (χ1n) is 0. The maximum Gasteiger partial charge on any atom is 0 e. The van der Waals surface area contributed by atoms with E-state index in [1.165, 1.54) is 0 Å². The second-order valence-corrected chi connectivity index (χ2v) is 0. The van der Waals surface area contributed by atoms with E-state index in [1.54, 1.807) is 0 Å². The molecule has 7 nitrogen and oxygen atoms in total. The Morgan fingerprint density at radius 2 is 0.375 bits per heavy atom. The van der Waals surface area contributed by atoms with Gasteiger partial charge in [0.2, 0.25) is 0 Å². The molecule has 8 heavy (non-hydrogen) atoms. The Bertz CT molecular complexity index is 8.49. The zero-order chi connectivity index (χ0) is 0. The van der Waals surface area contributed by atoms with Crippen LogP contribution in [0, 0.1) is 0 Å². The van der Waals surface area contributed by atoms with Crippen molar-refractivity contribution in [2.24, 2.45) is 0 Å². The van der Waals surface area contributed by atoms with Gasteiger partial charge in [-0.3, -0.25) is 0 Å². The van der Waals surface area contributed by atoms with Crippen LogP contribution in [0.5, 0.6) is 0 Å². The quantitative estimate of drug-likeness (QED) is 0.624. The summed E-state index contributed by atoms with van der Waals surface area (Å²) in [5.41, 5.74) is 0. The van der Waals surface area contributed by atoms with Crippen LogP contribution < -0.4 is 0 Å². The molecule has 0 aliphatic carbocycles. The van der Waals surface area contributed by atoms with Crippen LogP contribution in [0.4, 0.5) is 0 Å². The summed E-state index contributed by atoms with van der Waals surface area (Å²) < 4.78 is 0. The molecule has 0 aromatic carbocycles. The third kappa shape index (κ3) is 1350. The van der Waals surface area contributed by atoms with E-state index in [4.69, 9.17) is 0 Å². The van der Waals surface area contributed by atoms with E-state index in [1.807, 2.05) is 0 Å². The van der Waals surface area contributed by atoms with Crippen molar-refractivity contribution >= 4 is 0 Å². The van der Waals surface area contributed by atoms with Crippen LogP contribution in [0.15, 0.2) is 0 Å². The fraction of sp³-hybridized carbons (Fsp3) is 0. The van der Waals surface area contributed by atoms with Crippen molar-refractivity contribution in [3.8, 4) is 0 Å². The van der Waals surface area contributed by atoms with Gasteiger partial charge in [0.1, 0.15) is 0 Å². The van der Waals surface area contributed by atoms with Gasteiger partial charge in [0, 0.05) is 20.1 Å². The summed E-state index contributed by atoms with van der Waals surface area (Å²) in [5.74, 6) is 0. The van der Waals surface area contributed by atoms with Gasteiger partial charge < -0.3 is 42.4 Å². The normalized spacial score (nSPS) is 0. The van der Waals surface area contributed by atoms with E-state index in [9.17, 15) is 0 Å². The van der Waals surface area contributed by atoms with Crippen molar-refractivity contribution in [2.75, 3.05) is 0 Å². The maximum atomic E-state index is 0. The fourth-order valence-corrected chi connectivity index (χ4v) is 0. The largest absolute Gasteiger partial charge is 0.693 e. The van der Waals surface area contributed by atoms with Gasteiger partial charge in [0.25, 0.3) is 0 Å². The fourth-order valence-electron chi connectivity index (χ4n) is 0. The van der Waals surface area contributed by atoms with E-state index in [-0.39, 0.29) is 62.5 Å². The molecule has 0 aliphatic rings. The van der Waals surface area contributed by atoms with E-state index in [0.717, 1.165) is 0 Å². The predicted octanol–water partition coefficient (Wildman–Crippen LogP) is 3.48. The Morgan fingerprint density at radius 3 is 0.375 bits per heavy atom. The molecule has 65 valence electrons. The minimum atomic E-state index is 0. The molecule has 8 heteroatoms. The van der Waals surface area contributed by atoms with Gasteiger partial charge in [-0.2, -0.15) is 0 Å². The zero-order valence-electron chi connectivity index (χ0n) is 4.30. The molecule has 1 radical (unpaired) electrons. The van der Waals surface area contributed by atoms with E-state index in [2.05, 4.69) is 0 Å². The maximum absolute atomic E-state index is 0. The van der Waals surface area contributed by atoms with Crippen LogP contribution >= 0.6 is 0 Å². The average Bonchev–Trinajstić information content (AvgIpc) is 0. The summed E-state index contributed by atoms with van der Waals surface area (Å²) in [7, 11) is 0. The summed E-state index contributed by atoms with van der Waals surface area (Å²) in [5, 5.41) is 0. The second kappa shape index (κ2) is 2190. The molecule has 0 heterocycles. The topological polar surface area (TPSA) is 232 Å². The second-order valence-electron chi connectivity index (χ2n) is 0. The Morgan fingerprint density at radius 1 is 0.375 bits per heavy atom. The summed E-state index contributed by atoms with van der Waals surface area (Å²) in [6, 6.07) is 0. The van der Waals surface area contributed by atoms with Crippen LogP contribution in [-0.2, 0) is 20.1 Å². The van der Waals surface area contributed by atoms with Crippen molar-refractivity contribution in [1.82, 2.24) is 0 Å². The number of hydrogen-bond donors (Lipinski definition) is 0. The van der Waals surface area contributed by atoms with Gasteiger partial charge in [-0.05, 0) is 0 Å². The molecule has 0 bridgehead atoms. The first-order chi connectivity index (χ1) is 0. The van der Waals surface area contributed by atoms with Gasteiger partial charge >= 0.3 is 0 Å². The molecule has 0 amide bonds. The van der Waals surface area contributed by atoms with E-state index >= 15 is 0 Å². The SMILES string of the molecule is O.[Ir].[NH2-].[NH2-].[NH2-].[NH2-].[NH2-].[NH2-]. The smallest absolute Gasteiger partial charge is 0 e. The van der Waals surface area contributed by atoms with Crippen LogP contribution in [0.3, 0.4) is 0 Å². The molecular weight excluding hydrogens is 292 g/mol. The Hall–Kier alpha value is 0.369. The molecule has 0 rings (SSSR count). The number of nitrogens with two attached hydrogens (primary N) is 6. The van der Waals surface area contributed by atoms with Crippen LogP contribution in [-0.4, -0.2) is 5.48 Å². The van der Waals surface area contributed by atoms with Crippen LogP contribution in [0.1, 0.15) is 0 Å². The van der Waals surface area contributed by atoms with Gasteiger partial charge in [-0.15, -0.1) is 0 Å². The standard InChI is InChI=1S/Ir.6H2N.H2O/h;7*1H2/q;6*-1;. The van der Waals surface area contributed by atoms with Gasteiger partial charge in [0.15, 0.2) is 0 Å². The molecule has 0 fully saturated rings. The Kier molecular flexibility index (Phi) is 913000. The molecule has 0 atom stereocenters. The molecule has 0 saturated heterocycles. The minimum absolute atomic E-state index is 0. The van der Waals surface area contributed by atoms with Crippen molar-refractivity contribution in [2.45, 2.75) is 0 Å². The van der Waals surface area contributed by atoms with Crippen LogP contribution in [0.2, 0.25) is 0 Å². The van der Waals surface area contributed by atoms with Gasteiger partial charge in [0.05, 0.1) is 0 Å². The summed E-state index contributed by atoms with van der Waals surface area (Å²) in [6.07, 6.45) is 0. The summed E-state index contributed by atoms with van der Waals surface area (Å²) in [6.45, 7) is 0. The molecule has 0 aromatic rings. The van der Waals surface area contributed by atoms with E-state index < -0.39 is 0 Å². The number of hydrogen-bond acceptors (Lipinski definition) is 0. The summed E-state index contributed by atoms with van der Waals surface area (Å²) in [4.78, 5) is 0. The van der Waals surface area contributed by atoms with Gasteiger partial charge in [-0.1, -0.05) is 0 Å². The summed E-state index contributed by atoms with van der Waals surface area (Å²) >= 11 is 0. The van der Waals surface area contributed by atoms with E-state index in [0.29, 0.717) is 0 Å². The van der Waals surface area contributed by atoms with Crippen molar-refractivity contribution in [3.05, 3.63) is 36.9 Å². The molecule has 0 spiro atoms. The zero-order valence-corrected chi connectivity index (χ0v) is 6.69. The first kappa shape index (κ1) is 3330. The third-order valence-electron chi connectivity index (χ3n) is 0. The van der Waals surface area contributed by atoms with Crippen molar-refractivity contribution in [3.63, 3.8) is 0 Å². The predicted molar refractivity (Wildman–Crippen MR) is 35.3 cm³/mol. The molecular formula is H14IrN6O-6. The van der Waals surface area contributed by atoms with Gasteiger partial charge in [-0.25, -0.2) is 0 Å². The van der Waals surface area contributed by atoms with Crippen molar-refractivity contribution < 1.29 is 25.6 Å². The molecule has 0 unspecified atom stereocenters. The minimum Gasteiger partial charge on any atom is -0.693 e. The van der Waals surface area contributed by atoms with Crippen LogP contribution in [0.25, 0.3) is 36.9 Å².